The summed E-state index contributed by atoms with van der Waals surface area (Å²) in [7, 11) is 0. The van der Waals surface area contributed by atoms with Crippen LogP contribution >= 0.6 is 0 Å². The van der Waals surface area contributed by atoms with Crippen LogP contribution in [-0.4, -0.2) is 33.4 Å². The molecule has 27 heavy (non-hydrogen) atoms. The van der Waals surface area contributed by atoms with E-state index in [9.17, 15) is 23.3 Å². The third-order valence-electron chi connectivity index (χ3n) is 4.16. The molecule has 3 rings (SSSR count). The van der Waals surface area contributed by atoms with Gasteiger partial charge in [-0.25, -0.2) is 0 Å². The first kappa shape index (κ1) is 19.2. The van der Waals surface area contributed by atoms with E-state index in [1.807, 2.05) is 0 Å². The summed E-state index contributed by atoms with van der Waals surface area (Å²) < 4.78 is 49.8. The smallest absolute Gasteiger partial charge is 0.414 e. The zero-order chi connectivity index (χ0) is 19.4. The predicted octanol–water partition coefficient (Wildman–Crippen LogP) is 3.65. The molecule has 0 amide bonds. The van der Waals surface area contributed by atoms with Gasteiger partial charge >= 0.3 is 18.0 Å². The summed E-state index contributed by atoms with van der Waals surface area (Å²) in [6, 6.07) is 6.37. The maximum atomic E-state index is 12.3. The molecule has 0 bridgehead atoms. The maximum Gasteiger partial charge on any atom is 0.414 e. The maximum absolute atomic E-state index is 12.3. The van der Waals surface area contributed by atoms with Crippen molar-refractivity contribution in [3.05, 3.63) is 51.7 Å². The Morgan fingerprint density at radius 2 is 2.00 bits per heavy atom. The molecular formula is C17H18F3N3O4. The van der Waals surface area contributed by atoms with Crippen molar-refractivity contribution in [3.8, 4) is 6.01 Å². The van der Waals surface area contributed by atoms with Crippen LogP contribution in [0.3, 0.4) is 0 Å². The first-order valence-corrected chi connectivity index (χ1v) is 8.41. The SMILES string of the molecule is O=[N+]([O-])c1cn2c(n1)O[C@@H](CCOCc1ccc(CC(F)(F)F)cc1)CC2. The van der Waals surface area contributed by atoms with Crippen molar-refractivity contribution in [1.29, 1.82) is 0 Å². The summed E-state index contributed by atoms with van der Waals surface area (Å²) in [6.07, 6.45) is -2.67. The largest absolute Gasteiger partial charge is 0.442 e. The quantitative estimate of drug-likeness (QED) is 0.413. The molecule has 146 valence electrons. The van der Waals surface area contributed by atoms with E-state index in [0.717, 1.165) is 5.56 Å². The molecule has 7 nitrogen and oxygen atoms in total. The number of aryl methyl sites for hydroxylation is 1. The standard InChI is InChI=1S/C17H18F3N3O4/c18-17(19,20)9-12-1-3-13(4-2-12)11-26-8-6-14-5-7-22-10-15(23(24)25)21-16(22)27-14/h1-4,10,14H,5-9,11H2/t14-/m1/s1. The minimum Gasteiger partial charge on any atom is -0.442 e. The van der Waals surface area contributed by atoms with Gasteiger partial charge in [0.15, 0.2) is 0 Å². The normalized spacial score (nSPS) is 16.6. The van der Waals surface area contributed by atoms with Crippen LogP contribution in [0.4, 0.5) is 19.0 Å². The van der Waals surface area contributed by atoms with Crippen molar-refractivity contribution in [2.24, 2.45) is 0 Å². The number of nitro groups is 1. The van der Waals surface area contributed by atoms with Gasteiger partial charge in [0.1, 0.15) is 12.3 Å². The Labute approximate surface area is 152 Å². The van der Waals surface area contributed by atoms with Crippen LogP contribution in [0.15, 0.2) is 30.5 Å². The number of benzene rings is 1. The Morgan fingerprint density at radius 3 is 2.67 bits per heavy atom. The molecule has 0 fully saturated rings. The van der Waals surface area contributed by atoms with E-state index in [1.165, 1.54) is 18.3 Å². The van der Waals surface area contributed by atoms with Gasteiger partial charge in [0, 0.05) is 24.4 Å². The van der Waals surface area contributed by atoms with Gasteiger partial charge in [-0.05, 0) is 16.1 Å². The average molecular weight is 385 g/mol. The summed E-state index contributed by atoms with van der Waals surface area (Å²) in [5.74, 6) is -0.240. The van der Waals surface area contributed by atoms with Crippen molar-refractivity contribution in [2.75, 3.05) is 6.61 Å². The number of alkyl halides is 3. The molecular weight excluding hydrogens is 367 g/mol. The van der Waals surface area contributed by atoms with Gasteiger partial charge in [0.2, 0.25) is 0 Å². The lowest BCUT2D eigenvalue weighted by Crippen LogP contribution is -2.27. The van der Waals surface area contributed by atoms with Gasteiger partial charge in [0.05, 0.1) is 19.6 Å². The minimum absolute atomic E-state index is 0.145. The van der Waals surface area contributed by atoms with Crippen LogP contribution in [0.25, 0.3) is 0 Å². The van der Waals surface area contributed by atoms with Crippen molar-refractivity contribution in [3.63, 3.8) is 0 Å². The summed E-state index contributed by atoms with van der Waals surface area (Å²) in [5.41, 5.74) is 1.00. The average Bonchev–Trinajstić information content (AvgIpc) is 3.02. The second-order valence-electron chi connectivity index (χ2n) is 6.31. The fourth-order valence-electron chi connectivity index (χ4n) is 2.81. The van der Waals surface area contributed by atoms with Gasteiger partial charge in [-0.15, -0.1) is 0 Å². The van der Waals surface area contributed by atoms with E-state index in [0.29, 0.717) is 32.6 Å². The minimum atomic E-state index is -4.22. The molecule has 0 aliphatic carbocycles. The number of hydrogen-bond donors (Lipinski definition) is 0. The van der Waals surface area contributed by atoms with Gasteiger partial charge in [-0.1, -0.05) is 24.3 Å². The topological polar surface area (TPSA) is 79.4 Å². The lowest BCUT2D eigenvalue weighted by molar-refractivity contribution is -0.389. The molecule has 0 spiro atoms. The van der Waals surface area contributed by atoms with Gasteiger partial charge in [0.25, 0.3) is 0 Å². The van der Waals surface area contributed by atoms with Gasteiger partial charge in [-0.2, -0.15) is 13.2 Å². The summed E-state index contributed by atoms with van der Waals surface area (Å²) in [4.78, 5) is 14.0. The lowest BCUT2D eigenvalue weighted by atomic mass is 10.1. The Bertz CT molecular complexity index is 790. The van der Waals surface area contributed by atoms with Crippen LogP contribution in [0, 0.1) is 10.1 Å². The van der Waals surface area contributed by atoms with E-state index in [-0.39, 0.29) is 23.5 Å². The molecule has 0 N–H and O–H groups in total. The highest BCUT2D eigenvalue weighted by Gasteiger charge is 2.28. The van der Waals surface area contributed by atoms with Crippen LogP contribution in [0.1, 0.15) is 24.0 Å². The van der Waals surface area contributed by atoms with E-state index in [4.69, 9.17) is 9.47 Å². The molecule has 1 atom stereocenters. The van der Waals surface area contributed by atoms with E-state index in [2.05, 4.69) is 4.98 Å². The number of rotatable bonds is 7. The third-order valence-corrected chi connectivity index (χ3v) is 4.16. The zero-order valence-electron chi connectivity index (χ0n) is 14.3. The molecule has 1 aromatic carbocycles. The molecule has 1 aromatic heterocycles. The van der Waals surface area contributed by atoms with Crippen LogP contribution in [-0.2, 0) is 24.3 Å². The van der Waals surface area contributed by atoms with E-state index in [1.54, 1.807) is 16.7 Å². The first-order chi connectivity index (χ1) is 12.8. The molecule has 0 saturated heterocycles. The van der Waals surface area contributed by atoms with Crippen molar-refractivity contribution < 1.29 is 27.6 Å². The molecule has 10 heteroatoms. The van der Waals surface area contributed by atoms with Crippen molar-refractivity contribution >= 4 is 5.82 Å². The number of imidazole rings is 1. The molecule has 2 heterocycles. The number of halogens is 3. The number of fused-ring (bicyclic) bond motifs is 1. The zero-order valence-corrected chi connectivity index (χ0v) is 14.3. The Kier molecular flexibility index (Phi) is 5.64. The Morgan fingerprint density at radius 1 is 1.30 bits per heavy atom. The van der Waals surface area contributed by atoms with Gasteiger partial charge < -0.3 is 19.6 Å². The monoisotopic (exact) mass is 385 g/mol. The summed E-state index contributed by atoms with van der Waals surface area (Å²) in [6.45, 7) is 1.28. The number of hydrogen-bond acceptors (Lipinski definition) is 5. The molecule has 1 aliphatic rings. The van der Waals surface area contributed by atoms with Crippen molar-refractivity contribution in [2.45, 2.75) is 44.7 Å². The Hall–Kier alpha value is -2.62. The van der Waals surface area contributed by atoms with E-state index >= 15 is 0 Å². The summed E-state index contributed by atoms with van der Waals surface area (Å²) in [5, 5.41) is 10.7. The molecule has 2 aromatic rings. The highest BCUT2D eigenvalue weighted by molar-refractivity contribution is 5.23. The Balaban J connectivity index is 1.41. The van der Waals surface area contributed by atoms with Gasteiger partial charge in [-0.3, -0.25) is 4.57 Å². The van der Waals surface area contributed by atoms with Crippen LogP contribution in [0.5, 0.6) is 6.01 Å². The fourth-order valence-corrected chi connectivity index (χ4v) is 2.81. The molecule has 1 aliphatic heterocycles. The summed E-state index contributed by atoms with van der Waals surface area (Å²) >= 11 is 0. The molecule has 0 saturated carbocycles. The number of aromatic nitrogens is 2. The molecule has 0 unspecified atom stereocenters. The highest BCUT2D eigenvalue weighted by atomic mass is 19.4. The lowest BCUT2D eigenvalue weighted by Gasteiger charge is -2.21. The molecule has 0 radical (unpaired) electrons. The third kappa shape index (κ3) is 5.43. The number of ether oxygens (including phenoxy) is 2. The van der Waals surface area contributed by atoms with Crippen LogP contribution in [0.2, 0.25) is 0 Å². The van der Waals surface area contributed by atoms with Crippen molar-refractivity contribution in [1.82, 2.24) is 9.55 Å². The van der Waals surface area contributed by atoms with Crippen LogP contribution < -0.4 is 4.74 Å². The first-order valence-electron chi connectivity index (χ1n) is 8.41. The second-order valence-corrected chi connectivity index (χ2v) is 6.31. The second kappa shape index (κ2) is 7.95. The predicted molar refractivity (Wildman–Crippen MR) is 88.4 cm³/mol. The highest BCUT2D eigenvalue weighted by Crippen LogP contribution is 2.25. The fraction of sp³-hybridized carbons (Fsp3) is 0.471. The van der Waals surface area contributed by atoms with E-state index < -0.39 is 17.5 Å². The number of nitrogens with zero attached hydrogens (tertiary/aromatic N) is 3.